The summed E-state index contributed by atoms with van der Waals surface area (Å²) in [5.41, 5.74) is -2.43. The molecule has 0 aromatic carbocycles. The predicted molar refractivity (Wildman–Crippen MR) is 315 cm³/mol. The molecule has 94 heavy (non-hydrogen) atoms. The molecule has 0 aromatic rings. The number of ether oxygens (including phenoxy) is 12. The van der Waals surface area contributed by atoms with Crippen LogP contribution in [0.5, 0.6) is 0 Å². The van der Waals surface area contributed by atoms with E-state index >= 15 is 4.79 Å². The van der Waals surface area contributed by atoms with Crippen molar-refractivity contribution >= 4 is 5.97 Å². The fourth-order valence-corrected chi connectivity index (χ4v) is 18.7. The first-order valence-corrected chi connectivity index (χ1v) is 33.5. The minimum Gasteiger partial charge on any atom is -0.432 e. The molecule has 0 amide bonds. The lowest BCUT2D eigenvalue weighted by Crippen LogP contribution is -2.67. The maximum absolute atomic E-state index is 15.8. The third kappa shape index (κ3) is 12.5. The monoisotopic (exact) mass is 1350 g/mol. The Hall–Kier alpha value is -1.91. The molecular weight excluding hydrogens is 1250 g/mol. The van der Waals surface area contributed by atoms with Crippen molar-refractivity contribution in [3.63, 3.8) is 0 Å². The van der Waals surface area contributed by atoms with E-state index in [1.807, 2.05) is 6.92 Å². The Bertz CT molecular complexity index is 2640. The van der Waals surface area contributed by atoms with Crippen molar-refractivity contribution in [1.82, 2.24) is 0 Å². The molecule has 17 N–H and O–H groups in total. The predicted octanol–water partition coefficient (Wildman–Crippen LogP) is -4.08. The fourth-order valence-electron chi connectivity index (χ4n) is 18.7. The van der Waals surface area contributed by atoms with Crippen LogP contribution >= 0.6 is 0 Å². The normalized spacial score (nSPS) is 55.3. The molecule has 0 bridgehead atoms. The summed E-state index contributed by atoms with van der Waals surface area (Å²) in [4.78, 5) is 15.8. The van der Waals surface area contributed by atoms with Crippen molar-refractivity contribution in [2.75, 3.05) is 33.0 Å². The van der Waals surface area contributed by atoms with Crippen LogP contribution in [-0.2, 0) is 61.6 Å². The van der Waals surface area contributed by atoms with Crippen LogP contribution in [-0.4, -0.2) is 304 Å². The summed E-state index contributed by atoms with van der Waals surface area (Å²) < 4.78 is 72.0. The lowest BCUT2D eigenvalue weighted by Gasteiger charge is -2.71. The van der Waals surface area contributed by atoms with Gasteiger partial charge in [0.05, 0.1) is 56.8 Å². The number of carbonyl (C=O) groups excluding carboxylic acids is 1. The highest BCUT2D eigenvalue weighted by molar-refractivity contribution is 5.79. The van der Waals surface area contributed by atoms with Gasteiger partial charge in [0.2, 0.25) is 6.29 Å². The van der Waals surface area contributed by atoms with E-state index < -0.39 is 220 Å². The molecule has 0 spiro atoms. The molecule has 37 atom stereocenters. The van der Waals surface area contributed by atoms with Gasteiger partial charge in [-0.2, -0.15) is 0 Å². The number of hydrogen-bond acceptors (Lipinski definition) is 30. The summed E-state index contributed by atoms with van der Waals surface area (Å²) >= 11 is 0. The van der Waals surface area contributed by atoms with Crippen molar-refractivity contribution in [1.29, 1.82) is 0 Å². The van der Waals surface area contributed by atoms with Gasteiger partial charge in [0.1, 0.15) is 116 Å². The number of hydrogen-bond donors (Lipinski definition) is 17. The Labute approximate surface area is 545 Å². The first-order chi connectivity index (χ1) is 44.1. The smallest absolute Gasteiger partial charge is 0.315 e. The Balaban J connectivity index is 0.828. The second-order valence-electron chi connectivity index (χ2n) is 30.8. The zero-order valence-corrected chi connectivity index (χ0v) is 54.6. The quantitative estimate of drug-likeness (QED) is 0.0421. The molecule has 6 heterocycles. The Kier molecular flexibility index (Phi) is 21.4. The summed E-state index contributed by atoms with van der Waals surface area (Å²) in [6.45, 7) is 13.5. The first kappa shape index (κ1) is 73.3. The second-order valence-corrected chi connectivity index (χ2v) is 30.8. The van der Waals surface area contributed by atoms with Crippen molar-refractivity contribution in [2.45, 2.75) is 298 Å². The Morgan fingerprint density at radius 3 is 1.68 bits per heavy atom. The fraction of sp³-hybridized carbons (Fsp3) is 0.953. The van der Waals surface area contributed by atoms with E-state index in [-0.39, 0.29) is 47.2 Å². The van der Waals surface area contributed by atoms with Gasteiger partial charge in [-0.15, -0.1) is 0 Å². The molecule has 0 aromatic heterocycles. The van der Waals surface area contributed by atoms with E-state index in [9.17, 15) is 86.8 Å². The maximum Gasteiger partial charge on any atom is 0.315 e. The molecule has 5 aliphatic carbocycles. The summed E-state index contributed by atoms with van der Waals surface area (Å²) in [5.74, 6) is -1.13. The number of aliphatic hydroxyl groups excluding tert-OH is 17. The van der Waals surface area contributed by atoms with Gasteiger partial charge in [0.25, 0.3) is 0 Å². The number of aliphatic hydroxyl groups is 17. The third-order valence-corrected chi connectivity index (χ3v) is 24.9. The van der Waals surface area contributed by atoms with Gasteiger partial charge in [0.15, 0.2) is 37.6 Å². The van der Waals surface area contributed by atoms with Crippen LogP contribution in [0.4, 0.5) is 0 Å². The molecule has 0 unspecified atom stereocenters. The molecule has 540 valence electrons. The third-order valence-electron chi connectivity index (χ3n) is 24.9. The average Bonchev–Trinajstić information content (AvgIpc) is 0.675. The van der Waals surface area contributed by atoms with Crippen LogP contribution in [0.3, 0.4) is 0 Å². The number of esters is 1. The summed E-state index contributed by atoms with van der Waals surface area (Å²) in [5, 5.41) is 186. The van der Waals surface area contributed by atoms with Gasteiger partial charge in [-0.1, -0.05) is 53.2 Å². The van der Waals surface area contributed by atoms with Gasteiger partial charge in [0, 0.05) is 5.41 Å². The Morgan fingerprint density at radius 1 is 0.511 bits per heavy atom. The van der Waals surface area contributed by atoms with Crippen LogP contribution < -0.4 is 0 Å². The Morgan fingerprint density at radius 2 is 1.05 bits per heavy atom. The van der Waals surface area contributed by atoms with Crippen molar-refractivity contribution in [2.24, 2.45) is 50.2 Å². The summed E-state index contributed by atoms with van der Waals surface area (Å²) in [6, 6.07) is 0. The van der Waals surface area contributed by atoms with Crippen molar-refractivity contribution < 1.29 is 148 Å². The van der Waals surface area contributed by atoms with E-state index in [2.05, 4.69) is 40.7 Å². The molecule has 4 saturated carbocycles. The van der Waals surface area contributed by atoms with Crippen LogP contribution in [0.1, 0.15) is 120 Å². The standard InChI is InChI=1S/C64H104O30/c1-25-36(69)41(74)46(79)54(86-25)91-49-31(20-65)88-52(48(81)44(49)77)85-23-32-40(73)43(76)51(92-53-45(78)38(71)29(67)21-83-53)57(89-32)94-58(82)64-17-15-59(3,4)19-28(64)27-9-10-34-60(5)13-12-35(61(6,24-66)33(60)11-14-63(34,8)62(27,7)16-18-64)90-56-50(39(72)30(68)22-84-56)93-55-47(80)42(75)37(70)26(2)87-55/h9,25-26,28-57,65-81H,10-24H2,1-8H3/t25-,26-,28-,29+,30-,31+,32+,33+,34+,35-,36-,37-,38-,39-,40+,41+,42+,43-,44+,45+,46+,47+,48+,49+,50+,51+,52+,53-,54-,55-,56-,57-,60-,61-,62+,63+,64-/m0/s1. The lowest BCUT2D eigenvalue weighted by atomic mass is 9.33. The molecule has 30 nitrogen and oxygen atoms in total. The summed E-state index contributed by atoms with van der Waals surface area (Å²) in [6.07, 6.45) is -38.3. The lowest BCUT2D eigenvalue weighted by molar-refractivity contribution is -0.369. The van der Waals surface area contributed by atoms with Crippen molar-refractivity contribution in [3.8, 4) is 0 Å². The van der Waals surface area contributed by atoms with Gasteiger partial charge < -0.3 is 144 Å². The number of allylic oxidation sites excluding steroid dienone is 2. The van der Waals surface area contributed by atoms with E-state index in [0.29, 0.717) is 57.8 Å². The summed E-state index contributed by atoms with van der Waals surface area (Å²) in [7, 11) is 0. The average molecular weight is 1350 g/mol. The number of rotatable bonds is 15. The first-order valence-electron chi connectivity index (χ1n) is 33.5. The SMILES string of the molecule is C[C@@H]1O[C@@H](O[C@H]2[C@H](O[C@H]3CC[C@@]4(C)[C@@H](CC[C@]5(C)[C@@H]4CC=C4[C@@H]6CC(C)(C)CC[C@]6(C(=O)O[C@@H]6O[C@H](CO[C@@H]7O[C@H](CO)[C@@H](O[C@@H]8O[C@@H](C)[C@H](O)[C@@H](O)[C@H]8O)[C@H](O)[C@H]7O)[C@@H](O)[C@H](O)[C@H]6O[C@@H]6OC[C@@H](O)[C@H](O)[C@H]6O)CC[C@]45C)[C@]3(C)CO)OC[C@H](O)[C@@H]2O)[C@H](O)[C@H](O)[C@H]1O. The van der Waals surface area contributed by atoms with Gasteiger partial charge >= 0.3 is 5.97 Å². The number of carbonyl (C=O) groups is 1. The van der Waals surface area contributed by atoms with Crippen LogP contribution in [0.2, 0.25) is 0 Å². The van der Waals surface area contributed by atoms with Gasteiger partial charge in [-0.25, -0.2) is 0 Å². The molecule has 6 saturated heterocycles. The van der Waals surface area contributed by atoms with Crippen LogP contribution in [0, 0.1) is 50.2 Å². The molecule has 6 aliphatic heterocycles. The molecule has 11 rings (SSSR count). The van der Waals surface area contributed by atoms with Crippen LogP contribution in [0.25, 0.3) is 0 Å². The molecular formula is C64H104O30. The minimum atomic E-state index is -2.01. The number of fused-ring (bicyclic) bond motifs is 7. The largest absolute Gasteiger partial charge is 0.432 e. The van der Waals surface area contributed by atoms with E-state index in [1.54, 1.807) is 0 Å². The minimum absolute atomic E-state index is 0.0632. The highest BCUT2D eigenvalue weighted by Gasteiger charge is 2.71. The molecule has 10 fully saturated rings. The second kappa shape index (κ2) is 27.5. The highest BCUT2D eigenvalue weighted by atomic mass is 16.8. The molecule has 11 aliphatic rings. The molecule has 30 heteroatoms. The molecule has 0 radical (unpaired) electrons. The highest BCUT2D eigenvalue weighted by Crippen LogP contribution is 2.76. The van der Waals surface area contributed by atoms with E-state index in [0.717, 1.165) is 12.0 Å². The zero-order valence-electron chi connectivity index (χ0n) is 54.6. The van der Waals surface area contributed by atoms with Gasteiger partial charge in [-0.05, 0) is 117 Å². The van der Waals surface area contributed by atoms with Gasteiger partial charge in [-0.3, -0.25) is 4.79 Å². The van der Waals surface area contributed by atoms with E-state index in [4.69, 9.17) is 56.8 Å². The zero-order chi connectivity index (χ0) is 68.4. The van der Waals surface area contributed by atoms with Crippen LogP contribution in [0.15, 0.2) is 11.6 Å². The van der Waals surface area contributed by atoms with E-state index in [1.165, 1.54) is 13.8 Å². The maximum atomic E-state index is 15.8. The topological polar surface area (TPSA) is 472 Å². The van der Waals surface area contributed by atoms with Crippen molar-refractivity contribution in [3.05, 3.63) is 11.6 Å².